The van der Waals surface area contributed by atoms with Gasteiger partial charge in [0, 0.05) is 0 Å². The van der Waals surface area contributed by atoms with Gasteiger partial charge in [-0.1, -0.05) is 26.0 Å². The maximum Gasteiger partial charge on any atom is 0.511 e. The first kappa shape index (κ1) is 32.0. The summed E-state index contributed by atoms with van der Waals surface area (Å²) in [6.07, 6.45) is -0.713. The first-order valence-electron chi connectivity index (χ1n) is 14.2. The van der Waals surface area contributed by atoms with Gasteiger partial charge in [0.15, 0.2) is 0 Å². The summed E-state index contributed by atoms with van der Waals surface area (Å²) in [4.78, 5) is 37.1. The highest BCUT2D eigenvalue weighted by Crippen LogP contribution is 2.65. The van der Waals surface area contributed by atoms with E-state index in [-0.39, 0.29) is 35.2 Å². The molecule has 3 aliphatic carbocycles. The van der Waals surface area contributed by atoms with Gasteiger partial charge < -0.3 is 33.6 Å². The van der Waals surface area contributed by atoms with E-state index in [0.717, 1.165) is 12.8 Å². The van der Waals surface area contributed by atoms with Gasteiger partial charge in [-0.2, -0.15) is 0 Å². The maximum atomic E-state index is 13.7. The summed E-state index contributed by atoms with van der Waals surface area (Å²) in [7, 11) is 0.454. The fraction of sp³-hybridized carbons (Fsp3) is 0.690. The van der Waals surface area contributed by atoms with Crippen molar-refractivity contribution in [3.05, 3.63) is 29.3 Å². The molecule has 5 unspecified atom stereocenters. The van der Waals surface area contributed by atoms with Crippen LogP contribution in [0.3, 0.4) is 0 Å². The molecule has 1 heterocycles. The zero-order valence-corrected chi connectivity index (χ0v) is 25.2. The minimum absolute atomic E-state index is 0.0393. The van der Waals surface area contributed by atoms with Crippen molar-refractivity contribution in [2.45, 2.75) is 96.9 Å². The Morgan fingerprint density at radius 2 is 1.88 bits per heavy atom. The number of hydrogen-bond acceptors (Lipinski definition) is 9. The molecule has 10 nitrogen and oxygen atoms in total. The number of ether oxygens (including phenoxy) is 4. The summed E-state index contributed by atoms with van der Waals surface area (Å²) in [6.45, 7) is 9.76. The number of hydrogen-bond donors (Lipinski definition) is 1. The number of carbonyl (C=O) groups excluding carboxylic acids is 3. The normalized spacial score (nSPS) is 26.5. The molecule has 1 amide bonds. The van der Waals surface area contributed by atoms with Gasteiger partial charge in [0.1, 0.15) is 11.3 Å². The van der Waals surface area contributed by atoms with E-state index in [0.29, 0.717) is 18.4 Å². The van der Waals surface area contributed by atoms with Crippen LogP contribution >= 0.6 is 0 Å². The van der Waals surface area contributed by atoms with Crippen molar-refractivity contribution in [2.24, 2.45) is 17.3 Å². The van der Waals surface area contributed by atoms with E-state index in [9.17, 15) is 23.2 Å². The number of methoxy groups -OCH3 is 1. The quantitative estimate of drug-likeness (QED) is 0.220. The van der Waals surface area contributed by atoms with Crippen LogP contribution in [-0.4, -0.2) is 68.7 Å². The van der Waals surface area contributed by atoms with Crippen molar-refractivity contribution in [3.63, 3.8) is 0 Å². The lowest BCUT2D eigenvalue weighted by molar-refractivity contribution is -0.199. The molecule has 1 aromatic carbocycles. The first-order chi connectivity index (χ1) is 19.5. The second-order valence-corrected chi connectivity index (χ2v) is 12.6. The minimum atomic E-state index is -3.21. The number of rotatable bonds is 11. The van der Waals surface area contributed by atoms with Gasteiger partial charge in [-0.15, -0.1) is 0 Å². The van der Waals surface area contributed by atoms with Crippen LogP contribution in [0.5, 0.6) is 5.75 Å². The monoisotopic (exact) mass is 595 g/mol. The van der Waals surface area contributed by atoms with E-state index in [1.54, 1.807) is 26.0 Å². The molecule has 5 rings (SSSR count). The summed E-state index contributed by atoms with van der Waals surface area (Å²) in [5.74, 6) is -4.86. The fourth-order valence-electron chi connectivity index (χ4n) is 6.65. The highest BCUT2D eigenvalue weighted by molar-refractivity contribution is 6.48. The Balaban J connectivity index is 1.54. The van der Waals surface area contributed by atoms with E-state index < -0.39 is 61.9 Å². The third kappa shape index (κ3) is 6.67. The van der Waals surface area contributed by atoms with Crippen LogP contribution in [0.2, 0.25) is 0 Å². The Kier molecular flexibility index (Phi) is 9.13. The van der Waals surface area contributed by atoms with Crippen molar-refractivity contribution in [1.82, 2.24) is 5.32 Å². The second kappa shape index (κ2) is 12.0. The number of alkyl halides is 2. The van der Waals surface area contributed by atoms with Crippen molar-refractivity contribution in [3.8, 4) is 5.75 Å². The van der Waals surface area contributed by atoms with E-state index in [1.165, 1.54) is 13.2 Å². The molecule has 3 saturated carbocycles. The lowest BCUT2D eigenvalue weighted by Gasteiger charge is -2.64. The Morgan fingerprint density at radius 1 is 1.17 bits per heavy atom. The number of nitrogens with one attached hydrogen (secondary N) is 1. The summed E-state index contributed by atoms with van der Waals surface area (Å²) < 4.78 is 60.5. The molecule has 1 aliphatic heterocycles. The van der Waals surface area contributed by atoms with Crippen molar-refractivity contribution >= 4 is 25.2 Å². The van der Waals surface area contributed by atoms with Gasteiger partial charge in [-0.05, 0) is 75.8 Å². The molecule has 42 heavy (non-hydrogen) atoms. The molecule has 5 atom stereocenters. The topological polar surface area (TPSA) is 119 Å². The van der Waals surface area contributed by atoms with E-state index in [1.807, 2.05) is 6.92 Å². The van der Waals surface area contributed by atoms with Gasteiger partial charge in [-0.3, -0.25) is 4.79 Å². The molecule has 0 spiro atoms. The number of para-hydroxylation sites is 1. The highest BCUT2D eigenvalue weighted by atomic mass is 19.3. The lowest BCUT2D eigenvalue weighted by Crippen LogP contribution is -2.65. The lowest BCUT2D eigenvalue weighted by atomic mass is 9.43. The molecule has 4 aliphatic rings. The molecule has 232 valence electrons. The van der Waals surface area contributed by atoms with Crippen LogP contribution in [0.25, 0.3) is 0 Å². The smallest absolute Gasteiger partial charge is 0.496 e. The van der Waals surface area contributed by atoms with Gasteiger partial charge in [-0.25, -0.2) is 18.4 Å². The van der Waals surface area contributed by atoms with Gasteiger partial charge in [0.25, 0.3) is 5.92 Å². The third-order valence-corrected chi connectivity index (χ3v) is 8.77. The predicted octanol–water partition coefficient (Wildman–Crippen LogP) is 4.71. The SMILES string of the molecule is COc1c(CC(NC(=O)CC(C)(F)F)B2OC3CC4CC(C4(C)C)C3(C)O2)cccc1C(=O)OCOC(=O)OC(C)C. The molecule has 1 saturated heterocycles. The van der Waals surface area contributed by atoms with Crippen LogP contribution in [0.15, 0.2) is 18.2 Å². The van der Waals surface area contributed by atoms with E-state index in [4.69, 9.17) is 28.3 Å². The van der Waals surface area contributed by atoms with Crippen LogP contribution in [0.4, 0.5) is 13.6 Å². The summed E-state index contributed by atoms with van der Waals surface area (Å²) in [6, 6.07) is 4.75. The Labute approximate surface area is 245 Å². The number of halogens is 2. The van der Waals surface area contributed by atoms with Crippen LogP contribution < -0.4 is 10.1 Å². The standard InChI is InChI=1S/C29H40BF2NO9/c1-16(2)40-26(36)39-15-38-25(35)19-10-8-9-17(24(19)37-7)11-22(33-23(34)14-28(5,31)32)30-41-21-13-18-12-20(27(18,3)4)29(21,6)42-30/h8-10,16,18,20-22H,11-15H2,1-7H3,(H,33,34). The highest BCUT2D eigenvalue weighted by Gasteiger charge is 2.68. The molecule has 4 fully saturated rings. The fourth-order valence-corrected chi connectivity index (χ4v) is 6.65. The average molecular weight is 595 g/mol. The minimum Gasteiger partial charge on any atom is -0.496 e. The Hall–Kier alpha value is -2.93. The number of amides is 1. The molecular formula is C29H40BF2NO9. The Bertz CT molecular complexity index is 1190. The van der Waals surface area contributed by atoms with Crippen LogP contribution in [0.1, 0.15) is 76.7 Å². The van der Waals surface area contributed by atoms with Gasteiger partial charge in [0.2, 0.25) is 12.7 Å². The molecule has 13 heteroatoms. The zero-order valence-electron chi connectivity index (χ0n) is 25.2. The van der Waals surface area contributed by atoms with E-state index >= 15 is 0 Å². The van der Waals surface area contributed by atoms with Gasteiger partial charge in [0.05, 0.1) is 37.3 Å². The molecule has 0 aromatic heterocycles. The van der Waals surface area contributed by atoms with Crippen molar-refractivity contribution < 1.29 is 51.4 Å². The molecular weight excluding hydrogens is 555 g/mol. The average Bonchev–Trinajstić information content (AvgIpc) is 3.23. The van der Waals surface area contributed by atoms with Crippen LogP contribution in [0, 0.1) is 17.3 Å². The molecule has 1 N–H and O–H groups in total. The maximum absolute atomic E-state index is 13.7. The summed E-state index contributed by atoms with van der Waals surface area (Å²) in [5.41, 5.74) is 0.0159. The largest absolute Gasteiger partial charge is 0.511 e. The third-order valence-electron chi connectivity index (χ3n) is 8.77. The second-order valence-electron chi connectivity index (χ2n) is 12.6. The van der Waals surface area contributed by atoms with Crippen molar-refractivity contribution in [2.75, 3.05) is 13.9 Å². The summed E-state index contributed by atoms with van der Waals surface area (Å²) in [5, 5.41) is 2.69. The van der Waals surface area contributed by atoms with Crippen LogP contribution in [-0.2, 0) is 34.7 Å². The van der Waals surface area contributed by atoms with Gasteiger partial charge >= 0.3 is 19.2 Å². The summed E-state index contributed by atoms with van der Waals surface area (Å²) >= 11 is 0. The van der Waals surface area contributed by atoms with E-state index in [2.05, 4.69) is 19.2 Å². The number of benzene rings is 1. The first-order valence-corrected chi connectivity index (χ1v) is 14.2. The molecule has 1 aromatic rings. The van der Waals surface area contributed by atoms with Crippen molar-refractivity contribution in [1.29, 1.82) is 0 Å². The number of esters is 1. The molecule has 2 bridgehead atoms. The zero-order chi connectivity index (χ0) is 31.0. The predicted molar refractivity (Wildman–Crippen MR) is 147 cm³/mol. The Morgan fingerprint density at radius 3 is 2.50 bits per heavy atom. The molecule has 0 radical (unpaired) electrons. The number of carbonyl (C=O) groups is 3.